The van der Waals surface area contributed by atoms with Crippen molar-refractivity contribution in [2.45, 2.75) is 13.5 Å². The van der Waals surface area contributed by atoms with E-state index in [0.29, 0.717) is 22.0 Å². The number of esters is 1. The molecule has 0 fully saturated rings. The molecule has 0 unspecified atom stereocenters. The fourth-order valence-corrected chi connectivity index (χ4v) is 3.00. The molecule has 0 saturated heterocycles. The number of halogens is 1. The standard InChI is InChI=1S/C17H19ClN2O5S/c1-2-24-17(21)12-25-16-6-4-3-5-13(16)11-19-26(22,23)20-15-9-7-14(18)8-10-15/h3-10,19-20H,2,11-12H2,1H3. The van der Waals surface area contributed by atoms with E-state index in [1.54, 1.807) is 55.5 Å². The zero-order chi connectivity index (χ0) is 19.0. The molecule has 0 bridgehead atoms. The Balaban J connectivity index is 1.97. The van der Waals surface area contributed by atoms with Gasteiger partial charge < -0.3 is 9.47 Å². The molecule has 0 atom stereocenters. The van der Waals surface area contributed by atoms with Gasteiger partial charge in [0, 0.05) is 22.8 Å². The molecular weight excluding hydrogens is 380 g/mol. The van der Waals surface area contributed by atoms with Crippen molar-refractivity contribution in [1.29, 1.82) is 0 Å². The molecule has 2 aromatic carbocycles. The number of rotatable bonds is 9. The first-order valence-corrected chi connectivity index (χ1v) is 9.65. The van der Waals surface area contributed by atoms with Crippen molar-refractivity contribution in [2.75, 3.05) is 17.9 Å². The van der Waals surface area contributed by atoms with Crippen molar-refractivity contribution < 1.29 is 22.7 Å². The summed E-state index contributed by atoms with van der Waals surface area (Å²) in [5, 5.41) is 0.508. The van der Waals surface area contributed by atoms with Gasteiger partial charge in [0.1, 0.15) is 5.75 Å². The number of benzene rings is 2. The Morgan fingerprint density at radius 2 is 1.81 bits per heavy atom. The molecule has 2 N–H and O–H groups in total. The molecule has 7 nitrogen and oxygen atoms in total. The lowest BCUT2D eigenvalue weighted by molar-refractivity contribution is -0.145. The van der Waals surface area contributed by atoms with Gasteiger partial charge in [-0.2, -0.15) is 13.1 Å². The highest BCUT2D eigenvalue weighted by Gasteiger charge is 2.12. The smallest absolute Gasteiger partial charge is 0.344 e. The first-order valence-electron chi connectivity index (χ1n) is 7.79. The molecule has 2 rings (SSSR count). The maximum atomic E-state index is 12.2. The van der Waals surface area contributed by atoms with Crippen LogP contribution in [0, 0.1) is 0 Å². The van der Waals surface area contributed by atoms with Gasteiger partial charge in [-0.1, -0.05) is 29.8 Å². The van der Waals surface area contributed by atoms with Crippen LogP contribution in [-0.4, -0.2) is 27.6 Å². The number of ether oxygens (including phenoxy) is 2. The zero-order valence-corrected chi connectivity index (χ0v) is 15.6. The summed E-state index contributed by atoms with van der Waals surface area (Å²) in [6.07, 6.45) is 0. The highest BCUT2D eigenvalue weighted by Crippen LogP contribution is 2.19. The molecule has 0 aliphatic rings. The molecule has 0 heterocycles. The van der Waals surface area contributed by atoms with Crippen LogP contribution in [-0.2, 0) is 26.3 Å². The third-order valence-electron chi connectivity index (χ3n) is 3.17. The monoisotopic (exact) mass is 398 g/mol. The Labute approximate surface area is 157 Å². The van der Waals surface area contributed by atoms with E-state index in [4.69, 9.17) is 21.1 Å². The minimum absolute atomic E-state index is 0.0120. The van der Waals surface area contributed by atoms with Gasteiger partial charge in [-0.25, -0.2) is 4.79 Å². The third-order valence-corrected chi connectivity index (χ3v) is 4.45. The molecule has 0 aliphatic carbocycles. The number of anilines is 1. The first kappa shape index (κ1) is 20.0. The van der Waals surface area contributed by atoms with Gasteiger partial charge in [0.2, 0.25) is 0 Å². The van der Waals surface area contributed by atoms with Crippen LogP contribution in [0.3, 0.4) is 0 Å². The van der Waals surface area contributed by atoms with Gasteiger partial charge in [-0.05, 0) is 37.3 Å². The minimum Gasteiger partial charge on any atom is -0.482 e. The van der Waals surface area contributed by atoms with E-state index in [9.17, 15) is 13.2 Å². The van der Waals surface area contributed by atoms with Gasteiger partial charge in [0.15, 0.2) is 6.61 Å². The summed E-state index contributed by atoms with van der Waals surface area (Å²) in [6.45, 7) is 1.71. The van der Waals surface area contributed by atoms with Crippen LogP contribution in [0.1, 0.15) is 12.5 Å². The molecule has 0 aliphatic heterocycles. The van der Waals surface area contributed by atoms with E-state index in [-0.39, 0.29) is 19.8 Å². The van der Waals surface area contributed by atoms with Gasteiger partial charge in [-0.3, -0.25) is 4.72 Å². The number of para-hydroxylation sites is 1. The molecular formula is C17H19ClN2O5S. The maximum absolute atomic E-state index is 12.2. The zero-order valence-electron chi connectivity index (χ0n) is 14.1. The molecule has 0 amide bonds. The Morgan fingerprint density at radius 3 is 2.50 bits per heavy atom. The summed E-state index contributed by atoms with van der Waals surface area (Å²) < 4.78 is 39.3. The summed E-state index contributed by atoms with van der Waals surface area (Å²) in [4.78, 5) is 11.4. The summed E-state index contributed by atoms with van der Waals surface area (Å²) in [5.74, 6) is -0.0953. The second-order valence-corrected chi connectivity index (χ2v) is 7.07. The van der Waals surface area contributed by atoms with Crippen LogP contribution in [0.2, 0.25) is 5.02 Å². The van der Waals surface area contributed by atoms with Crippen molar-refractivity contribution in [3.8, 4) is 5.75 Å². The van der Waals surface area contributed by atoms with Crippen molar-refractivity contribution in [1.82, 2.24) is 4.72 Å². The molecule has 2 aromatic rings. The normalized spacial score (nSPS) is 11.0. The van der Waals surface area contributed by atoms with Gasteiger partial charge in [0.05, 0.1) is 6.61 Å². The van der Waals surface area contributed by atoms with Crippen LogP contribution >= 0.6 is 11.6 Å². The third kappa shape index (κ3) is 6.55. The SMILES string of the molecule is CCOC(=O)COc1ccccc1CNS(=O)(=O)Nc1ccc(Cl)cc1. The quantitative estimate of drug-likeness (QED) is 0.633. The second kappa shape index (κ2) is 9.42. The number of nitrogens with one attached hydrogen (secondary N) is 2. The van der Waals surface area contributed by atoms with E-state index in [2.05, 4.69) is 9.44 Å². The average molecular weight is 399 g/mol. The Kier molecular flexibility index (Phi) is 7.26. The van der Waals surface area contributed by atoms with Crippen LogP contribution in [0.25, 0.3) is 0 Å². The van der Waals surface area contributed by atoms with Crippen molar-refractivity contribution in [3.05, 3.63) is 59.1 Å². The molecule has 0 spiro atoms. The van der Waals surface area contributed by atoms with Crippen LogP contribution in [0.4, 0.5) is 5.69 Å². The van der Waals surface area contributed by atoms with Gasteiger partial charge in [-0.15, -0.1) is 0 Å². The molecule has 9 heteroatoms. The highest BCUT2D eigenvalue weighted by molar-refractivity contribution is 7.90. The van der Waals surface area contributed by atoms with Crippen LogP contribution in [0.15, 0.2) is 48.5 Å². The Bertz CT molecular complexity index is 840. The lowest BCUT2D eigenvalue weighted by atomic mass is 10.2. The van der Waals surface area contributed by atoms with Crippen LogP contribution < -0.4 is 14.2 Å². The van der Waals surface area contributed by atoms with Crippen molar-refractivity contribution in [3.63, 3.8) is 0 Å². The van der Waals surface area contributed by atoms with Crippen molar-refractivity contribution in [2.24, 2.45) is 0 Å². The Morgan fingerprint density at radius 1 is 1.12 bits per heavy atom. The number of hydrogen-bond acceptors (Lipinski definition) is 5. The van der Waals surface area contributed by atoms with Crippen molar-refractivity contribution >= 4 is 33.5 Å². The minimum atomic E-state index is -3.79. The van der Waals surface area contributed by atoms with Gasteiger partial charge >= 0.3 is 5.97 Å². The summed E-state index contributed by atoms with van der Waals surface area (Å²) in [7, 11) is -3.79. The second-order valence-electron chi connectivity index (χ2n) is 5.13. The van der Waals surface area contributed by atoms with E-state index < -0.39 is 16.2 Å². The molecule has 0 radical (unpaired) electrons. The lowest BCUT2D eigenvalue weighted by Gasteiger charge is -2.13. The number of carbonyl (C=O) groups is 1. The maximum Gasteiger partial charge on any atom is 0.344 e. The predicted octanol–water partition coefficient (Wildman–Crippen LogP) is 2.73. The number of hydrogen-bond donors (Lipinski definition) is 2. The average Bonchev–Trinajstić information content (AvgIpc) is 2.61. The molecule has 26 heavy (non-hydrogen) atoms. The fraction of sp³-hybridized carbons (Fsp3) is 0.235. The fourth-order valence-electron chi connectivity index (χ4n) is 2.01. The largest absolute Gasteiger partial charge is 0.482 e. The van der Waals surface area contributed by atoms with E-state index in [1.807, 2.05) is 0 Å². The summed E-state index contributed by atoms with van der Waals surface area (Å²) >= 11 is 5.77. The van der Waals surface area contributed by atoms with Gasteiger partial charge in [0.25, 0.3) is 10.2 Å². The first-order chi connectivity index (χ1) is 12.4. The lowest BCUT2D eigenvalue weighted by Crippen LogP contribution is -2.29. The van der Waals surface area contributed by atoms with E-state index >= 15 is 0 Å². The topological polar surface area (TPSA) is 93.7 Å². The Hall–Kier alpha value is -2.29. The molecule has 0 saturated carbocycles. The molecule has 0 aromatic heterocycles. The molecule has 140 valence electrons. The van der Waals surface area contributed by atoms with E-state index in [0.717, 1.165) is 0 Å². The number of carbonyl (C=O) groups excluding carboxylic acids is 1. The summed E-state index contributed by atoms with van der Waals surface area (Å²) in [5.41, 5.74) is 0.965. The highest BCUT2D eigenvalue weighted by atomic mass is 35.5. The van der Waals surface area contributed by atoms with E-state index in [1.165, 1.54) is 0 Å². The summed E-state index contributed by atoms with van der Waals surface area (Å²) in [6, 6.07) is 13.1. The predicted molar refractivity (Wildman–Crippen MR) is 99.4 cm³/mol. The van der Waals surface area contributed by atoms with Crippen LogP contribution in [0.5, 0.6) is 5.75 Å².